The van der Waals surface area contributed by atoms with Crippen LogP contribution in [0.4, 0.5) is 22.7 Å². The Morgan fingerprint density at radius 2 is 2.00 bits per heavy atom. The molecule has 3 N–H and O–H groups in total. The highest BCUT2D eigenvalue weighted by atomic mass is 79.9. The van der Waals surface area contributed by atoms with Gasteiger partial charge in [0.25, 0.3) is 5.69 Å². The number of halogens is 1. The van der Waals surface area contributed by atoms with Gasteiger partial charge in [-0.2, -0.15) is 0 Å². The first-order valence-electron chi connectivity index (χ1n) is 5.13. The number of anilines is 3. The van der Waals surface area contributed by atoms with Gasteiger partial charge in [-0.05, 0) is 40.2 Å². The van der Waals surface area contributed by atoms with Crippen molar-refractivity contribution in [1.29, 1.82) is 0 Å². The normalized spacial score (nSPS) is 10.1. The van der Waals surface area contributed by atoms with E-state index in [1.807, 2.05) is 12.1 Å². The van der Waals surface area contributed by atoms with Crippen molar-refractivity contribution >= 4 is 38.7 Å². The van der Waals surface area contributed by atoms with Crippen LogP contribution in [0.15, 0.2) is 46.9 Å². The molecule has 92 valence electrons. The van der Waals surface area contributed by atoms with Crippen LogP contribution < -0.4 is 11.1 Å². The molecule has 0 saturated carbocycles. The van der Waals surface area contributed by atoms with Gasteiger partial charge < -0.3 is 11.1 Å². The maximum Gasteiger partial charge on any atom is 0.270 e. The summed E-state index contributed by atoms with van der Waals surface area (Å²) < 4.78 is 0.624. The Morgan fingerprint density at radius 1 is 1.22 bits per heavy atom. The number of nitrogens with zero attached hydrogens (tertiary/aromatic N) is 1. The second-order valence-corrected chi connectivity index (χ2v) is 4.53. The van der Waals surface area contributed by atoms with Crippen molar-refractivity contribution < 1.29 is 4.92 Å². The topological polar surface area (TPSA) is 81.2 Å². The number of nitro benzene ring substituents is 1. The Hall–Kier alpha value is -2.08. The molecule has 0 heterocycles. The number of nitrogen functional groups attached to an aromatic ring is 1. The molecule has 0 aliphatic carbocycles. The molecule has 0 amide bonds. The summed E-state index contributed by atoms with van der Waals surface area (Å²) in [5.74, 6) is 0. The van der Waals surface area contributed by atoms with Crippen molar-refractivity contribution in [1.82, 2.24) is 0 Å². The van der Waals surface area contributed by atoms with Crippen LogP contribution in [0.3, 0.4) is 0 Å². The first kappa shape index (κ1) is 12.4. The van der Waals surface area contributed by atoms with Gasteiger partial charge in [-0.15, -0.1) is 0 Å². The molecule has 0 unspecified atom stereocenters. The fourth-order valence-corrected chi connectivity index (χ4v) is 1.96. The molecule has 0 aliphatic heterocycles. The summed E-state index contributed by atoms with van der Waals surface area (Å²) in [5, 5.41) is 13.7. The SMILES string of the molecule is Nc1cccc(Nc2ccc([N+](=O)[O-])cc2Br)c1. The standard InChI is InChI=1S/C12H10BrN3O2/c13-11-7-10(16(17)18)4-5-12(11)15-9-3-1-2-8(14)6-9/h1-7,15H,14H2. The van der Waals surface area contributed by atoms with Crippen LogP contribution in [0.5, 0.6) is 0 Å². The van der Waals surface area contributed by atoms with Crippen molar-refractivity contribution in [3.8, 4) is 0 Å². The minimum absolute atomic E-state index is 0.0417. The van der Waals surface area contributed by atoms with E-state index in [1.54, 1.807) is 18.2 Å². The van der Waals surface area contributed by atoms with Gasteiger partial charge in [-0.1, -0.05) is 6.07 Å². The lowest BCUT2D eigenvalue weighted by molar-refractivity contribution is -0.384. The molecule has 5 nitrogen and oxygen atoms in total. The molecule has 6 heteroatoms. The van der Waals surface area contributed by atoms with Crippen molar-refractivity contribution in [2.45, 2.75) is 0 Å². The minimum Gasteiger partial charge on any atom is -0.399 e. The van der Waals surface area contributed by atoms with E-state index in [-0.39, 0.29) is 5.69 Å². The van der Waals surface area contributed by atoms with Gasteiger partial charge in [0.05, 0.1) is 10.6 Å². The summed E-state index contributed by atoms with van der Waals surface area (Å²) in [6, 6.07) is 11.8. The van der Waals surface area contributed by atoms with E-state index in [0.29, 0.717) is 10.2 Å². The number of non-ortho nitro benzene ring substituents is 1. The van der Waals surface area contributed by atoms with E-state index in [4.69, 9.17) is 5.73 Å². The van der Waals surface area contributed by atoms with Gasteiger partial charge in [-0.25, -0.2) is 0 Å². The van der Waals surface area contributed by atoms with Gasteiger partial charge in [0.15, 0.2) is 0 Å². The summed E-state index contributed by atoms with van der Waals surface area (Å²) in [4.78, 5) is 10.2. The Balaban J connectivity index is 2.27. The molecule has 0 saturated heterocycles. The number of nitro groups is 1. The summed E-state index contributed by atoms with van der Waals surface area (Å²) in [5.41, 5.74) is 7.93. The van der Waals surface area contributed by atoms with Gasteiger partial charge in [0.1, 0.15) is 0 Å². The molecule has 0 radical (unpaired) electrons. The van der Waals surface area contributed by atoms with Crippen LogP contribution in [0.25, 0.3) is 0 Å². The monoisotopic (exact) mass is 307 g/mol. The molecule has 2 aromatic rings. The van der Waals surface area contributed by atoms with Gasteiger partial charge >= 0.3 is 0 Å². The quantitative estimate of drug-likeness (QED) is 0.515. The summed E-state index contributed by atoms with van der Waals surface area (Å²) in [7, 11) is 0. The third kappa shape index (κ3) is 2.78. The largest absolute Gasteiger partial charge is 0.399 e. The molecule has 0 spiro atoms. The predicted molar refractivity (Wildman–Crippen MR) is 74.9 cm³/mol. The van der Waals surface area contributed by atoms with E-state index in [2.05, 4.69) is 21.2 Å². The van der Waals surface area contributed by atoms with E-state index in [0.717, 1.165) is 11.4 Å². The lowest BCUT2D eigenvalue weighted by atomic mass is 10.2. The second kappa shape index (κ2) is 5.05. The van der Waals surface area contributed by atoms with Crippen LogP contribution in [-0.2, 0) is 0 Å². The number of benzene rings is 2. The fraction of sp³-hybridized carbons (Fsp3) is 0. The minimum atomic E-state index is -0.435. The lowest BCUT2D eigenvalue weighted by Crippen LogP contribution is -1.94. The molecule has 2 rings (SSSR count). The summed E-state index contributed by atoms with van der Waals surface area (Å²) in [6.45, 7) is 0. The number of hydrogen-bond acceptors (Lipinski definition) is 4. The number of hydrogen-bond donors (Lipinski definition) is 2. The lowest BCUT2D eigenvalue weighted by Gasteiger charge is -2.08. The van der Waals surface area contributed by atoms with E-state index in [9.17, 15) is 10.1 Å². The van der Waals surface area contributed by atoms with Crippen molar-refractivity contribution in [2.24, 2.45) is 0 Å². The van der Waals surface area contributed by atoms with E-state index < -0.39 is 4.92 Å². The van der Waals surface area contributed by atoms with E-state index >= 15 is 0 Å². The molecule has 18 heavy (non-hydrogen) atoms. The molecular formula is C12H10BrN3O2. The Morgan fingerprint density at radius 3 is 2.61 bits per heavy atom. The summed E-state index contributed by atoms with van der Waals surface area (Å²) >= 11 is 3.29. The predicted octanol–water partition coefficient (Wildman–Crippen LogP) is 3.68. The van der Waals surface area contributed by atoms with Gasteiger partial charge in [0, 0.05) is 28.0 Å². The Labute approximate surface area is 112 Å². The van der Waals surface area contributed by atoms with Crippen LogP contribution in [-0.4, -0.2) is 4.92 Å². The Bertz CT molecular complexity index is 602. The highest BCUT2D eigenvalue weighted by molar-refractivity contribution is 9.10. The zero-order valence-electron chi connectivity index (χ0n) is 9.26. The zero-order chi connectivity index (χ0) is 13.1. The van der Waals surface area contributed by atoms with Crippen molar-refractivity contribution in [3.05, 3.63) is 57.1 Å². The molecule has 0 aliphatic rings. The van der Waals surface area contributed by atoms with Gasteiger partial charge in [0.2, 0.25) is 0 Å². The average Bonchev–Trinajstić information content (AvgIpc) is 2.31. The van der Waals surface area contributed by atoms with Crippen LogP contribution >= 0.6 is 15.9 Å². The number of rotatable bonds is 3. The first-order valence-corrected chi connectivity index (χ1v) is 5.92. The number of nitrogens with one attached hydrogen (secondary N) is 1. The van der Waals surface area contributed by atoms with E-state index in [1.165, 1.54) is 12.1 Å². The molecular weight excluding hydrogens is 298 g/mol. The first-order chi connectivity index (χ1) is 8.56. The van der Waals surface area contributed by atoms with Crippen LogP contribution in [0, 0.1) is 10.1 Å². The van der Waals surface area contributed by atoms with Crippen molar-refractivity contribution in [2.75, 3.05) is 11.1 Å². The molecule has 0 atom stereocenters. The Kier molecular flexibility index (Phi) is 3.47. The maximum absolute atomic E-state index is 10.6. The fourth-order valence-electron chi connectivity index (χ4n) is 1.49. The van der Waals surface area contributed by atoms with Crippen molar-refractivity contribution in [3.63, 3.8) is 0 Å². The highest BCUT2D eigenvalue weighted by Crippen LogP contribution is 2.29. The third-order valence-corrected chi connectivity index (χ3v) is 2.99. The van der Waals surface area contributed by atoms with Crippen LogP contribution in [0.2, 0.25) is 0 Å². The third-order valence-electron chi connectivity index (χ3n) is 2.33. The maximum atomic E-state index is 10.6. The molecule has 0 bridgehead atoms. The van der Waals surface area contributed by atoms with Crippen LogP contribution in [0.1, 0.15) is 0 Å². The second-order valence-electron chi connectivity index (χ2n) is 3.67. The molecule has 2 aromatic carbocycles. The molecule has 0 aromatic heterocycles. The average molecular weight is 308 g/mol. The number of nitrogens with two attached hydrogens (primary N) is 1. The summed E-state index contributed by atoms with van der Waals surface area (Å²) in [6.07, 6.45) is 0. The highest BCUT2D eigenvalue weighted by Gasteiger charge is 2.09. The zero-order valence-corrected chi connectivity index (χ0v) is 10.8. The smallest absolute Gasteiger partial charge is 0.270 e. The van der Waals surface area contributed by atoms with Gasteiger partial charge in [-0.3, -0.25) is 10.1 Å². The molecule has 0 fully saturated rings.